The monoisotopic (exact) mass is 343 g/mol. The van der Waals surface area contributed by atoms with Crippen molar-refractivity contribution in [2.24, 2.45) is 7.05 Å². The summed E-state index contributed by atoms with van der Waals surface area (Å²) in [7, 11) is 3.57. The number of ether oxygens (including phenoxy) is 1. The maximum atomic E-state index is 12.3. The Balaban J connectivity index is 1.91. The molecule has 0 fully saturated rings. The van der Waals surface area contributed by atoms with Gasteiger partial charge in [0.1, 0.15) is 11.6 Å². The first-order valence-electron chi connectivity index (χ1n) is 7.54. The number of carbonyl (C=O) groups is 1. The molecule has 0 aliphatic heterocycles. The van der Waals surface area contributed by atoms with Crippen LogP contribution in [0, 0.1) is 6.92 Å². The largest absolute Gasteiger partial charge is 0.496 e. The highest BCUT2D eigenvalue weighted by molar-refractivity contribution is 6.30. The molecule has 5 nitrogen and oxygen atoms in total. The molecule has 1 amide bonds. The Morgan fingerprint density at radius 3 is 2.62 bits per heavy atom. The van der Waals surface area contributed by atoms with E-state index in [1.165, 1.54) is 0 Å². The lowest BCUT2D eigenvalue weighted by molar-refractivity contribution is 0.0951. The van der Waals surface area contributed by atoms with E-state index >= 15 is 0 Å². The third kappa shape index (κ3) is 2.95. The van der Waals surface area contributed by atoms with Crippen LogP contribution in [0.3, 0.4) is 0 Å². The molecule has 0 spiro atoms. The highest BCUT2D eigenvalue weighted by atomic mass is 35.5. The summed E-state index contributed by atoms with van der Waals surface area (Å²) in [5.74, 6) is 1.47. The van der Waals surface area contributed by atoms with Gasteiger partial charge in [-0.15, -0.1) is 0 Å². The lowest BCUT2D eigenvalue weighted by Gasteiger charge is -2.12. The van der Waals surface area contributed by atoms with E-state index in [0.717, 1.165) is 28.2 Å². The normalized spacial score (nSPS) is 10.8. The number of nitrogens with one attached hydrogen (secondary N) is 1. The average Bonchev–Trinajstić information content (AvgIpc) is 2.87. The zero-order valence-electron chi connectivity index (χ0n) is 13.8. The van der Waals surface area contributed by atoms with E-state index in [9.17, 15) is 4.79 Å². The highest BCUT2D eigenvalue weighted by Gasteiger charge is 2.15. The third-order valence-electron chi connectivity index (χ3n) is 4.07. The minimum Gasteiger partial charge on any atom is -0.496 e. The summed E-state index contributed by atoms with van der Waals surface area (Å²) in [6.45, 7) is 2.30. The van der Waals surface area contributed by atoms with Gasteiger partial charge in [0, 0.05) is 29.7 Å². The molecule has 3 rings (SSSR count). The second-order valence-electron chi connectivity index (χ2n) is 5.52. The number of hydrogen-bond donors (Lipinski definition) is 1. The minimum absolute atomic E-state index is 0.162. The molecule has 24 heavy (non-hydrogen) atoms. The second kappa shape index (κ2) is 6.53. The molecular formula is C18H18ClN3O2. The Kier molecular flexibility index (Phi) is 4.44. The third-order valence-corrected chi connectivity index (χ3v) is 4.33. The van der Waals surface area contributed by atoms with Gasteiger partial charge in [0.2, 0.25) is 0 Å². The van der Waals surface area contributed by atoms with Crippen LogP contribution in [-0.2, 0) is 13.6 Å². The van der Waals surface area contributed by atoms with Crippen molar-refractivity contribution >= 4 is 28.5 Å². The van der Waals surface area contributed by atoms with Gasteiger partial charge in [-0.25, -0.2) is 4.98 Å². The number of methoxy groups -OCH3 is 1. The van der Waals surface area contributed by atoms with Crippen molar-refractivity contribution in [1.82, 2.24) is 14.9 Å². The first kappa shape index (κ1) is 16.3. The molecule has 3 aromatic rings. The predicted octanol–water partition coefficient (Wildman–Crippen LogP) is 3.47. The Morgan fingerprint density at radius 1 is 1.25 bits per heavy atom. The van der Waals surface area contributed by atoms with E-state index in [0.29, 0.717) is 17.1 Å². The molecular weight excluding hydrogens is 326 g/mol. The lowest BCUT2D eigenvalue weighted by Crippen LogP contribution is -2.23. The molecule has 0 bridgehead atoms. The molecule has 6 heteroatoms. The number of fused-ring (bicyclic) bond motifs is 1. The summed E-state index contributed by atoms with van der Waals surface area (Å²) < 4.78 is 7.46. The summed E-state index contributed by atoms with van der Waals surface area (Å²) in [4.78, 5) is 16.9. The number of nitrogens with zero attached hydrogens (tertiary/aromatic N) is 2. The molecule has 1 N–H and O–H groups in total. The number of rotatable bonds is 4. The number of amides is 1. The van der Waals surface area contributed by atoms with Crippen LogP contribution in [0.25, 0.3) is 11.0 Å². The van der Waals surface area contributed by atoms with E-state index in [1.54, 1.807) is 31.4 Å². The molecule has 0 aliphatic rings. The van der Waals surface area contributed by atoms with E-state index < -0.39 is 0 Å². The van der Waals surface area contributed by atoms with Gasteiger partial charge in [-0.3, -0.25) is 4.79 Å². The SMILES string of the molecule is COc1ccc2nc(C)n(C)c2c1CNC(=O)c1ccc(Cl)cc1. The second-order valence-corrected chi connectivity index (χ2v) is 5.96. The molecule has 0 aliphatic carbocycles. The van der Waals surface area contributed by atoms with Crippen LogP contribution < -0.4 is 10.1 Å². The summed E-state index contributed by atoms with van der Waals surface area (Å²) in [5, 5.41) is 3.54. The van der Waals surface area contributed by atoms with Crippen molar-refractivity contribution < 1.29 is 9.53 Å². The molecule has 0 saturated carbocycles. The molecule has 2 aromatic carbocycles. The predicted molar refractivity (Wildman–Crippen MR) is 94.6 cm³/mol. The Labute approximate surface area is 145 Å². The first-order chi connectivity index (χ1) is 11.5. The van der Waals surface area contributed by atoms with Crippen molar-refractivity contribution in [3.8, 4) is 5.75 Å². The van der Waals surface area contributed by atoms with Crippen LogP contribution in [0.15, 0.2) is 36.4 Å². The quantitative estimate of drug-likeness (QED) is 0.789. The van der Waals surface area contributed by atoms with Crippen molar-refractivity contribution in [2.45, 2.75) is 13.5 Å². The first-order valence-corrected chi connectivity index (χ1v) is 7.91. The van der Waals surface area contributed by atoms with Gasteiger partial charge < -0.3 is 14.6 Å². The number of halogens is 1. The van der Waals surface area contributed by atoms with Gasteiger partial charge in [0.25, 0.3) is 5.91 Å². The molecule has 0 saturated heterocycles. The topological polar surface area (TPSA) is 56.1 Å². The number of hydrogen-bond acceptors (Lipinski definition) is 3. The highest BCUT2D eigenvalue weighted by Crippen LogP contribution is 2.28. The maximum Gasteiger partial charge on any atom is 0.251 e. The van der Waals surface area contributed by atoms with Crippen molar-refractivity contribution in [3.63, 3.8) is 0 Å². The van der Waals surface area contributed by atoms with Crippen LogP contribution in [0.1, 0.15) is 21.7 Å². The fourth-order valence-corrected chi connectivity index (χ4v) is 2.84. The maximum absolute atomic E-state index is 12.3. The number of carbonyl (C=O) groups excluding carboxylic acids is 1. The number of aromatic nitrogens is 2. The summed E-state index contributed by atoms with van der Waals surface area (Å²) in [5.41, 5.74) is 3.31. The van der Waals surface area contributed by atoms with Gasteiger partial charge in [-0.05, 0) is 43.3 Å². The fraction of sp³-hybridized carbons (Fsp3) is 0.222. The molecule has 0 radical (unpaired) electrons. The smallest absolute Gasteiger partial charge is 0.251 e. The average molecular weight is 344 g/mol. The van der Waals surface area contributed by atoms with Gasteiger partial charge in [-0.2, -0.15) is 0 Å². The number of imidazole rings is 1. The van der Waals surface area contributed by atoms with Crippen LogP contribution >= 0.6 is 11.6 Å². The van der Waals surface area contributed by atoms with Crippen molar-refractivity contribution in [2.75, 3.05) is 7.11 Å². The molecule has 124 valence electrons. The Bertz CT molecular complexity index is 901. The zero-order valence-corrected chi connectivity index (χ0v) is 14.5. The zero-order chi connectivity index (χ0) is 17.3. The van der Waals surface area contributed by atoms with Gasteiger partial charge in [0.05, 0.1) is 18.1 Å². The van der Waals surface area contributed by atoms with Crippen LogP contribution in [0.2, 0.25) is 5.02 Å². The number of aryl methyl sites for hydroxylation is 2. The van der Waals surface area contributed by atoms with Crippen LogP contribution in [0.4, 0.5) is 0 Å². The van der Waals surface area contributed by atoms with E-state index in [1.807, 2.05) is 30.7 Å². The Hall–Kier alpha value is -2.53. The Morgan fingerprint density at radius 2 is 1.96 bits per heavy atom. The molecule has 1 aromatic heterocycles. The van der Waals surface area contributed by atoms with Gasteiger partial charge in [-0.1, -0.05) is 11.6 Å². The fourth-order valence-electron chi connectivity index (χ4n) is 2.72. The molecule has 0 unspecified atom stereocenters. The van der Waals surface area contributed by atoms with Crippen LogP contribution in [-0.4, -0.2) is 22.6 Å². The summed E-state index contributed by atoms with van der Waals surface area (Å²) >= 11 is 5.86. The molecule has 0 atom stereocenters. The van der Waals surface area contributed by atoms with Crippen molar-refractivity contribution in [1.29, 1.82) is 0 Å². The minimum atomic E-state index is -0.162. The molecule has 1 heterocycles. The van der Waals surface area contributed by atoms with E-state index in [-0.39, 0.29) is 5.91 Å². The summed E-state index contributed by atoms with van der Waals surface area (Å²) in [6, 6.07) is 10.6. The van der Waals surface area contributed by atoms with Gasteiger partial charge in [0.15, 0.2) is 0 Å². The number of benzene rings is 2. The van der Waals surface area contributed by atoms with E-state index in [2.05, 4.69) is 10.3 Å². The van der Waals surface area contributed by atoms with Crippen molar-refractivity contribution in [3.05, 3.63) is 58.4 Å². The standard InChI is InChI=1S/C18H18ClN3O2/c1-11-21-15-8-9-16(24-3)14(17(15)22(11)2)10-20-18(23)12-4-6-13(19)7-5-12/h4-9H,10H2,1-3H3,(H,20,23). The van der Waals surface area contributed by atoms with Gasteiger partial charge >= 0.3 is 0 Å². The van der Waals surface area contributed by atoms with Crippen LogP contribution in [0.5, 0.6) is 5.75 Å². The lowest BCUT2D eigenvalue weighted by atomic mass is 10.1. The summed E-state index contributed by atoms with van der Waals surface area (Å²) in [6.07, 6.45) is 0. The van der Waals surface area contributed by atoms with E-state index in [4.69, 9.17) is 16.3 Å².